The van der Waals surface area contributed by atoms with Gasteiger partial charge in [-0.3, -0.25) is 0 Å². The van der Waals surface area contributed by atoms with Crippen LogP contribution in [0.25, 0.3) is 0 Å². The fourth-order valence-corrected chi connectivity index (χ4v) is 1.37. The molecular weight excluding hydrogens is 216 g/mol. The number of nitrogens with zero attached hydrogens (tertiary/aromatic N) is 3. The average Bonchev–Trinajstić information content (AvgIpc) is 2.83. The first-order valence-corrected chi connectivity index (χ1v) is 4.91. The summed E-state index contributed by atoms with van der Waals surface area (Å²) < 4.78 is 6.77. The molecule has 2 rings (SSSR count). The Morgan fingerprint density at radius 3 is 3.00 bits per heavy atom. The molecule has 0 atom stereocenters. The predicted octanol–water partition coefficient (Wildman–Crippen LogP) is 1.35. The molecule has 0 saturated carbocycles. The number of imidazole rings is 1. The van der Waals surface area contributed by atoms with Gasteiger partial charge in [0, 0.05) is 13.1 Å². The Bertz CT molecular complexity index is 423. The first-order chi connectivity index (χ1) is 7.27. The Balaban J connectivity index is 1.86. The standard InChI is InChI=1S/C9H11ClN4O/c1-14-8(10)5-12-9(14)6-11-4-7-2-3-13-15-7/h2-3,5,11H,4,6H2,1H3. The molecule has 5 nitrogen and oxygen atoms in total. The molecule has 0 unspecified atom stereocenters. The lowest BCUT2D eigenvalue weighted by Gasteiger charge is -2.02. The van der Waals surface area contributed by atoms with Gasteiger partial charge in [-0.15, -0.1) is 0 Å². The molecule has 0 saturated heterocycles. The van der Waals surface area contributed by atoms with Crippen molar-refractivity contribution < 1.29 is 4.52 Å². The maximum atomic E-state index is 5.85. The van der Waals surface area contributed by atoms with Crippen molar-refractivity contribution in [2.45, 2.75) is 13.1 Å². The number of hydrogen-bond donors (Lipinski definition) is 1. The van der Waals surface area contributed by atoms with Crippen LogP contribution in [0.3, 0.4) is 0 Å². The molecule has 0 aliphatic carbocycles. The van der Waals surface area contributed by atoms with Crippen LogP contribution in [0.4, 0.5) is 0 Å². The molecule has 0 radical (unpaired) electrons. The van der Waals surface area contributed by atoms with Crippen LogP contribution in [0, 0.1) is 0 Å². The summed E-state index contributed by atoms with van der Waals surface area (Å²) in [4.78, 5) is 4.16. The van der Waals surface area contributed by atoms with Crippen LogP contribution in [0.15, 0.2) is 23.0 Å². The number of rotatable bonds is 4. The minimum atomic E-state index is 0.629. The zero-order valence-electron chi connectivity index (χ0n) is 8.27. The monoisotopic (exact) mass is 226 g/mol. The van der Waals surface area contributed by atoms with Gasteiger partial charge in [0.1, 0.15) is 16.7 Å². The van der Waals surface area contributed by atoms with Gasteiger partial charge in [0.25, 0.3) is 0 Å². The first-order valence-electron chi connectivity index (χ1n) is 4.54. The van der Waals surface area contributed by atoms with Crippen molar-refractivity contribution >= 4 is 11.6 Å². The van der Waals surface area contributed by atoms with Crippen molar-refractivity contribution in [2.24, 2.45) is 7.05 Å². The number of nitrogens with one attached hydrogen (secondary N) is 1. The number of aromatic nitrogens is 3. The maximum absolute atomic E-state index is 5.85. The van der Waals surface area contributed by atoms with Gasteiger partial charge in [0.2, 0.25) is 0 Å². The van der Waals surface area contributed by atoms with E-state index >= 15 is 0 Å². The third-order valence-electron chi connectivity index (χ3n) is 2.10. The predicted molar refractivity (Wildman–Crippen MR) is 55.3 cm³/mol. The Morgan fingerprint density at radius 2 is 2.40 bits per heavy atom. The molecule has 2 aromatic rings. The van der Waals surface area contributed by atoms with Gasteiger partial charge in [-0.1, -0.05) is 16.8 Å². The summed E-state index contributed by atoms with van der Waals surface area (Å²) in [5, 5.41) is 7.43. The first kappa shape index (κ1) is 10.2. The van der Waals surface area contributed by atoms with Crippen LogP contribution >= 0.6 is 11.6 Å². The van der Waals surface area contributed by atoms with Crippen LogP contribution in [-0.2, 0) is 20.1 Å². The second-order valence-corrected chi connectivity index (χ2v) is 3.53. The zero-order chi connectivity index (χ0) is 10.7. The quantitative estimate of drug-likeness (QED) is 0.855. The highest BCUT2D eigenvalue weighted by Crippen LogP contribution is 2.08. The summed E-state index contributed by atoms with van der Waals surface area (Å²) >= 11 is 5.85. The van der Waals surface area contributed by atoms with E-state index in [-0.39, 0.29) is 0 Å². The molecular formula is C9H11ClN4O. The SMILES string of the molecule is Cn1c(Cl)cnc1CNCc1ccno1. The van der Waals surface area contributed by atoms with E-state index in [1.54, 1.807) is 12.4 Å². The van der Waals surface area contributed by atoms with Gasteiger partial charge in [-0.2, -0.15) is 0 Å². The molecule has 80 valence electrons. The lowest BCUT2D eigenvalue weighted by Crippen LogP contribution is -2.15. The highest BCUT2D eigenvalue weighted by Gasteiger charge is 2.04. The van der Waals surface area contributed by atoms with Crippen LogP contribution in [0.1, 0.15) is 11.6 Å². The van der Waals surface area contributed by atoms with Crippen molar-refractivity contribution in [1.29, 1.82) is 0 Å². The maximum Gasteiger partial charge on any atom is 0.150 e. The van der Waals surface area contributed by atoms with Gasteiger partial charge < -0.3 is 14.4 Å². The molecule has 2 aromatic heterocycles. The Labute approximate surface area is 92.0 Å². The highest BCUT2D eigenvalue weighted by atomic mass is 35.5. The number of halogens is 1. The van der Waals surface area contributed by atoms with E-state index in [2.05, 4.69) is 15.5 Å². The van der Waals surface area contributed by atoms with Crippen molar-refractivity contribution in [1.82, 2.24) is 20.0 Å². The topological polar surface area (TPSA) is 55.9 Å². The van der Waals surface area contributed by atoms with Crippen LogP contribution < -0.4 is 5.32 Å². The second kappa shape index (κ2) is 4.46. The van der Waals surface area contributed by atoms with Crippen LogP contribution in [0.2, 0.25) is 5.15 Å². The summed E-state index contributed by atoms with van der Waals surface area (Å²) in [5.74, 6) is 1.69. The molecule has 15 heavy (non-hydrogen) atoms. The summed E-state index contributed by atoms with van der Waals surface area (Å²) in [6.45, 7) is 1.27. The zero-order valence-corrected chi connectivity index (χ0v) is 9.03. The average molecular weight is 227 g/mol. The largest absolute Gasteiger partial charge is 0.360 e. The lowest BCUT2D eigenvalue weighted by atomic mass is 10.4. The van der Waals surface area contributed by atoms with Gasteiger partial charge in [-0.05, 0) is 0 Å². The molecule has 0 amide bonds. The minimum absolute atomic E-state index is 0.629. The summed E-state index contributed by atoms with van der Waals surface area (Å²) in [7, 11) is 1.88. The molecule has 2 heterocycles. The molecule has 0 bridgehead atoms. The van der Waals surface area contributed by atoms with E-state index in [4.69, 9.17) is 16.1 Å². The van der Waals surface area contributed by atoms with Gasteiger partial charge in [0.05, 0.1) is 25.5 Å². The van der Waals surface area contributed by atoms with Crippen LogP contribution in [-0.4, -0.2) is 14.7 Å². The third kappa shape index (κ3) is 2.37. The van der Waals surface area contributed by atoms with Crippen LogP contribution in [0.5, 0.6) is 0 Å². The number of hydrogen-bond acceptors (Lipinski definition) is 4. The highest BCUT2D eigenvalue weighted by molar-refractivity contribution is 6.29. The Morgan fingerprint density at radius 1 is 1.53 bits per heavy atom. The smallest absolute Gasteiger partial charge is 0.150 e. The fraction of sp³-hybridized carbons (Fsp3) is 0.333. The molecule has 1 N–H and O–H groups in total. The van der Waals surface area contributed by atoms with Gasteiger partial charge in [0.15, 0.2) is 0 Å². The van der Waals surface area contributed by atoms with E-state index in [0.717, 1.165) is 11.6 Å². The normalized spacial score (nSPS) is 10.8. The van der Waals surface area contributed by atoms with E-state index in [9.17, 15) is 0 Å². The van der Waals surface area contributed by atoms with E-state index < -0.39 is 0 Å². The Hall–Kier alpha value is -1.33. The minimum Gasteiger partial charge on any atom is -0.360 e. The Kier molecular flexibility index (Phi) is 3.03. The van der Waals surface area contributed by atoms with Crippen molar-refractivity contribution in [2.75, 3.05) is 0 Å². The molecule has 0 fully saturated rings. The molecule has 0 aliphatic rings. The van der Waals surface area contributed by atoms with E-state index in [0.29, 0.717) is 18.2 Å². The lowest BCUT2D eigenvalue weighted by molar-refractivity contribution is 0.371. The molecule has 0 aliphatic heterocycles. The van der Waals surface area contributed by atoms with E-state index in [1.807, 2.05) is 17.7 Å². The summed E-state index contributed by atoms with van der Waals surface area (Å²) in [6.07, 6.45) is 3.25. The molecule has 0 aromatic carbocycles. The fourth-order valence-electron chi connectivity index (χ4n) is 1.22. The molecule has 6 heteroatoms. The summed E-state index contributed by atoms with van der Waals surface area (Å²) in [6, 6.07) is 1.82. The third-order valence-corrected chi connectivity index (χ3v) is 2.45. The summed E-state index contributed by atoms with van der Waals surface area (Å²) in [5.41, 5.74) is 0. The van der Waals surface area contributed by atoms with Crippen molar-refractivity contribution in [3.63, 3.8) is 0 Å². The second-order valence-electron chi connectivity index (χ2n) is 3.14. The molecule has 0 spiro atoms. The van der Waals surface area contributed by atoms with E-state index in [1.165, 1.54) is 0 Å². The van der Waals surface area contributed by atoms with Gasteiger partial charge in [-0.25, -0.2) is 4.98 Å². The van der Waals surface area contributed by atoms with Crippen molar-refractivity contribution in [3.8, 4) is 0 Å². The van der Waals surface area contributed by atoms with Gasteiger partial charge >= 0.3 is 0 Å². The van der Waals surface area contributed by atoms with Crippen molar-refractivity contribution in [3.05, 3.63) is 35.2 Å².